The van der Waals surface area contributed by atoms with E-state index in [9.17, 15) is 0 Å². The molecule has 1 aliphatic carbocycles. The van der Waals surface area contributed by atoms with E-state index in [4.69, 9.17) is 0 Å². The first-order chi connectivity index (χ1) is 5.61. The average molecular weight is 168 g/mol. The summed E-state index contributed by atoms with van der Waals surface area (Å²) in [5.74, 6) is 1.98. The summed E-state index contributed by atoms with van der Waals surface area (Å²) in [7, 11) is 4.42. The van der Waals surface area contributed by atoms with Crippen LogP contribution in [0.1, 0.15) is 13.8 Å². The lowest BCUT2D eigenvalue weighted by Crippen LogP contribution is -2.35. The van der Waals surface area contributed by atoms with Crippen molar-refractivity contribution < 1.29 is 0 Å². The number of piperidine rings is 1. The average Bonchev–Trinajstić information content (AvgIpc) is 2.48. The van der Waals surface area contributed by atoms with E-state index in [0.717, 1.165) is 23.9 Å². The quantitative estimate of drug-likeness (QED) is 0.604. The molecular formula is C10H20N2. The van der Waals surface area contributed by atoms with Crippen molar-refractivity contribution in [1.29, 1.82) is 0 Å². The molecular weight excluding hydrogens is 148 g/mol. The number of hydrogen-bond donors (Lipinski definition) is 0. The molecule has 0 aromatic heterocycles. The number of rotatable bonds is 2. The zero-order chi connectivity index (χ0) is 8.88. The van der Waals surface area contributed by atoms with Gasteiger partial charge in [0.25, 0.3) is 0 Å². The van der Waals surface area contributed by atoms with Crippen LogP contribution in [0.25, 0.3) is 0 Å². The highest BCUT2D eigenvalue weighted by Gasteiger charge is 2.56. The molecule has 2 fully saturated rings. The molecule has 12 heavy (non-hydrogen) atoms. The van der Waals surface area contributed by atoms with E-state index in [1.54, 1.807) is 0 Å². The van der Waals surface area contributed by atoms with Crippen molar-refractivity contribution in [1.82, 2.24) is 9.80 Å². The Balaban J connectivity index is 1.86. The predicted octanol–water partition coefficient (Wildman–Crippen LogP) is 0.887. The highest BCUT2D eigenvalue weighted by atomic mass is 15.3. The van der Waals surface area contributed by atoms with Crippen molar-refractivity contribution in [2.75, 3.05) is 27.2 Å². The lowest BCUT2D eigenvalue weighted by atomic mass is 10.3. The van der Waals surface area contributed by atoms with Crippen molar-refractivity contribution in [3.8, 4) is 0 Å². The third kappa shape index (κ3) is 1.17. The van der Waals surface area contributed by atoms with Crippen LogP contribution in [-0.4, -0.2) is 49.1 Å². The third-order valence-corrected chi connectivity index (χ3v) is 3.50. The van der Waals surface area contributed by atoms with Gasteiger partial charge in [-0.15, -0.1) is 0 Å². The molecule has 0 N–H and O–H groups in total. The topological polar surface area (TPSA) is 6.48 Å². The summed E-state index contributed by atoms with van der Waals surface area (Å²) >= 11 is 0. The maximum Gasteiger partial charge on any atom is 0.0177 e. The van der Waals surface area contributed by atoms with Crippen LogP contribution in [0.5, 0.6) is 0 Å². The minimum atomic E-state index is 0.751. The number of fused-ring (bicyclic) bond motifs is 1. The molecule has 1 aliphatic heterocycles. The smallest absolute Gasteiger partial charge is 0.0177 e. The molecule has 0 bridgehead atoms. The molecule has 0 amide bonds. The normalized spacial score (nSPS) is 41.0. The molecule has 0 radical (unpaired) electrons. The van der Waals surface area contributed by atoms with Crippen LogP contribution in [-0.2, 0) is 0 Å². The molecule has 1 saturated carbocycles. The van der Waals surface area contributed by atoms with Crippen molar-refractivity contribution in [3.63, 3.8) is 0 Å². The zero-order valence-corrected chi connectivity index (χ0v) is 8.62. The van der Waals surface area contributed by atoms with Gasteiger partial charge in [-0.05, 0) is 39.8 Å². The van der Waals surface area contributed by atoms with Crippen LogP contribution in [0, 0.1) is 11.8 Å². The fourth-order valence-electron chi connectivity index (χ4n) is 2.72. The fourth-order valence-corrected chi connectivity index (χ4v) is 2.72. The highest BCUT2D eigenvalue weighted by molar-refractivity contribution is 5.10. The minimum Gasteiger partial charge on any atom is -0.306 e. The Morgan fingerprint density at radius 1 is 1.17 bits per heavy atom. The lowest BCUT2D eigenvalue weighted by molar-refractivity contribution is 0.212. The van der Waals surface area contributed by atoms with E-state index in [-0.39, 0.29) is 0 Å². The molecule has 0 aromatic carbocycles. The zero-order valence-electron chi connectivity index (χ0n) is 8.62. The van der Waals surface area contributed by atoms with Gasteiger partial charge in [-0.1, -0.05) is 0 Å². The van der Waals surface area contributed by atoms with Gasteiger partial charge in [-0.2, -0.15) is 0 Å². The summed E-state index contributed by atoms with van der Waals surface area (Å²) in [6, 6.07) is 1.65. The molecule has 1 heterocycles. The second-order valence-corrected chi connectivity index (χ2v) is 4.83. The Labute approximate surface area is 75.5 Å². The molecule has 0 spiro atoms. The van der Waals surface area contributed by atoms with Crippen molar-refractivity contribution in [3.05, 3.63) is 0 Å². The molecule has 3 atom stereocenters. The van der Waals surface area contributed by atoms with Gasteiger partial charge >= 0.3 is 0 Å². The van der Waals surface area contributed by atoms with Crippen LogP contribution in [0.3, 0.4) is 0 Å². The van der Waals surface area contributed by atoms with Gasteiger partial charge in [0.05, 0.1) is 0 Å². The second-order valence-electron chi connectivity index (χ2n) is 4.83. The molecule has 1 unspecified atom stereocenters. The maximum atomic E-state index is 2.61. The van der Waals surface area contributed by atoms with Crippen LogP contribution >= 0.6 is 0 Å². The predicted molar refractivity (Wildman–Crippen MR) is 51.2 cm³/mol. The first-order valence-electron chi connectivity index (χ1n) is 5.01. The summed E-state index contributed by atoms with van der Waals surface area (Å²) < 4.78 is 0. The molecule has 1 saturated heterocycles. The fraction of sp³-hybridized carbons (Fsp3) is 1.00. The van der Waals surface area contributed by atoms with Crippen molar-refractivity contribution in [2.24, 2.45) is 11.8 Å². The van der Waals surface area contributed by atoms with E-state index >= 15 is 0 Å². The summed E-state index contributed by atoms with van der Waals surface area (Å²) in [6.45, 7) is 7.28. The first-order valence-corrected chi connectivity index (χ1v) is 5.01. The summed E-state index contributed by atoms with van der Waals surface area (Å²) in [6.07, 6.45) is 0. The molecule has 2 aliphatic rings. The van der Waals surface area contributed by atoms with Crippen LogP contribution in [0.4, 0.5) is 0 Å². The SMILES string of the molecule is CC(C)N1C[C@@H]2C(N(C)C)[C@@H]2C1. The summed E-state index contributed by atoms with van der Waals surface area (Å²) in [5.41, 5.74) is 0. The molecule has 2 rings (SSSR count). The van der Waals surface area contributed by atoms with E-state index in [2.05, 4.69) is 37.7 Å². The largest absolute Gasteiger partial charge is 0.306 e. The maximum absolute atomic E-state index is 2.61. The van der Waals surface area contributed by atoms with Gasteiger partial charge in [0.15, 0.2) is 0 Å². The van der Waals surface area contributed by atoms with E-state index in [1.165, 1.54) is 13.1 Å². The molecule has 70 valence electrons. The Morgan fingerprint density at radius 2 is 1.67 bits per heavy atom. The van der Waals surface area contributed by atoms with Gasteiger partial charge in [0, 0.05) is 25.2 Å². The molecule has 2 heteroatoms. The number of hydrogen-bond acceptors (Lipinski definition) is 2. The Morgan fingerprint density at radius 3 is 2.00 bits per heavy atom. The van der Waals surface area contributed by atoms with Crippen molar-refractivity contribution in [2.45, 2.75) is 25.9 Å². The number of likely N-dealkylation sites (tertiary alicyclic amines) is 1. The lowest BCUT2D eigenvalue weighted by Gasteiger charge is -2.25. The Hall–Kier alpha value is -0.0800. The monoisotopic (exact) mass is 168 g/mol. The van der Waals surface area contributed by atoms with Gasteiger partial charge in [-0.25, -0.2) is 0 Å². The van der Waals surface area contributed by atoms with Gasteiger partial charge < -0.3 is 9.80 Å². The molecule has 0 aromatic rings. The van der Waals surface area contributed by atoms with E-state index < -0.39 is 0 Å². The Kier molecular flexibility index (Phi) is 1.92. The van der Waals surface area contributed by atoms with Crippen LogP contribution < -0.4 is 0 Å². The van der Waals surface area contributed by atoms with Gasteiger partial charge in [0.1, 0.15) is 0 Å². The van der Waals surface area contributed by atoms with E-state index in [0.29, 0.717) is 0 Å². The van der Waals surface area contributed by atoms with Crippen LogP contribution in [0.2, 0.25) is 0 Å². The van der Waals surface area contributed by atoms with Gasteiger partial charge in [0.2, 0.25) is 0 Å². The van der Waals surface area contributed by atoms with Gasteiger partial charge in [-0.3, -0.25) is 0 Å². The standard InChI is InChI=1S/C10H20N2/c1-7(2)12-5-8-9(6-12)10(8)11(3)4/h7-10H,5-6H2,1-4H3/t8-,9+,10?. The third-order valence-electron chi connectivity index (χ3n) is 3.50. The first kappa shape index (κ1) is 8.52. The summed E-state index contributed by atoms with van der Waals surface area (Å²) in [4.78, 5) is 5.00. The molecule has 2 nitrogen and oxygen atoms in total. The highest BCUT2D eigenvalue weighted by Crippen LogP contribution is 2.48. The minimum absolute atomic E-state index is 0.751. The number of nitrogens with zero attached hydrogens (tertiary/aromatic N) is 2. The van der Waals surface area contributed by atoms with Crippen LogP contribution in [0.15, 0.2) is 0 Å². The Bertz CT molecular complexity index is 159. The van der Waals surface area contributed by atoms with Crippen molar-refractivity contribution >= 4 is 0 Å². The second kappa shape index (κ2) is 2.71. The summed E-state index contributed by atoms with van der Waals surface area (Å²) in [5, 5.41) is 0. The van der Waals surface area contributed by atoms with E-state index in [1.807, 2.05) is 0 Å².